The Morgan fingerprint density at radius 3 is 2.46 bits per heavy atom. The quantitative estimate of drug-likeness (QED) is 0.630. The third-order valence-electron chi connectivity index (χ3n) is 4.42. The fourth-order valence-corrected chi connectivity index (χ4v) is 3.27. The second kappa shape index (κ2) is 7.29. The third-order valence-corrected chi connectivity index (χ3v) is 4.66. The van der Waals surface area contributed by atoms with Crippen molar-refractivity contribution in [3.8, 4) is 11.3 Å². The summed E-state index contributed by atoms with van der Waals surface area (Å²) in [7, 11) is 4.11. The Morgan fingerprint density at radius 2 is 1.79 bits per heavy atom. The van der Waals surface area contributed by atoms with Crippen LogP contribution in [0, 0.1) is 0 Å². The summed E-state index contributed by atoms with van der Waals surface area (Å²) in [6.07, 6.45) is 3.12. The van der Waals surface area contributed by atoms with E-state index >= 15 is 0 Å². The smallest absolute Gasteiger partial charge is 0.0497 e. The van der Waals surface area contributed by atoms with E-state index in [0.717, 1.165) is 36.3 Å². The molecule has 3 rings (SSSR count). The lowest BCUT2D eigenvalue weighted by molar-refractivity contribution is 0.748. The van der Waals surface area contributed by atoms with Gasteiger partial charge in [-0.2, -0.15) is 0 Å². The van der Waals surface area contributed by atoms with Gasteiger partial charge in [0.1, 0.15) is 0 Å². The summed E-state index contributed by atoms with van der Waals surface area (Å²) < 4.78 is 0. The third kappa shape index (κ3) is 3.42. The molecule has 0 spiro atoms. The Morgan fingerprint density at radius 1 is 1.04 bits per heavy atom. The fraction of sp³-hybridized carbons (Fsp3) is 0.300. The molecule has 0 aliphatic carbocycles. The Hall–Kier alpha value is -1.97. The number of halogens is 1. The van der Waals surface area contributed by atoms with Gasteiger partial charge in [-0.25, -0.2) is 0 Å². The summed E-state index contributed by atoms with van der Waals surface area (Å²) in [5.41, 5.74) is 11.7. The average Bonchev–Trinajstić information content (AvgIpc) is 2.93. The number of nitrogens with two attached hydrogens (primary N) is 1. The van der Waals surface area contributed by atoms with Crippen LogP contribution in [0.2, 0.25) is 5.02 Å². The highest BCUT2D eigenvalue weighted by molar-refractivity contribution is 6.31. The summed E-state index contributed by atoms with van der Waals surface area (Å²) in [5.74, 6) is 0. The van der Waals surface area contributed by atoms with Crippen LogP contribution in [-0.4, -0.2) is 25.6 Å². The van der Waals surface area contributed by atoms with E-state index in [2.05, 4.69) is 60.4 Å². The number of anilines is 1. The normalized spacial score (nSPS) is 11.2. The first-order valence-electron chi connectivity index (χ1n) is 8.38. The number of nitrogens with one attached hydrogen (secondary N) is 1. The number of aromatic amines is 1. The second-order valence-corrected chi connectivity index (χ2v) is 6.79. The molecule has 0 aliphatic heterocycles. The Bertz CT molecular complexity index is 819. The predicted molar refractivity (Wildman–Crippen MR) is 105 cm³/mol. The Labute approximate surface area is 148 Å². The molecule has 0 bridgehead atoms. The van der Waals surface area contributed by atoms with Crippen LogP contribution in [0.25, 0.3) is 22.2 Å². The fourth-order valence-electron chi connectivity index (χ4n) is 3.10. The molecule has 2 aromatic carbocycles. The van der Waals surface area contributed by atoms with Gasteiger partial charge in [0.05, 0.1) is 0 Å². The van der Waals surface area contributed by atoms with Gasteiger partial charge >= 0.3 is 0 Å². The molecular weight excluding hydrogens is 318 g/mol. The van der Waals surface area contributed by atoms with Gasteiger partial charge in [0.25, 0.3) is 0 Å². The number of nitrogens with zero attached hydrogens (tertiary/aromatic N) is 1. The van der Waals surface area contributed by atoms with Crippen LogP contribution in [0.4, 0.5) is 5.69 Å². The van der Waals surface area contributed by atoms with Crippen molar-refractivity contribution in [2.24, 2.45) is 5.73 Å². The van der Waals surface area contributed by atoms with Gasteiger partial charge in [-0.05, 0) is 67.3 Å². The Balaban J connectivity index is 2.06. The molecule has 3 nitrogen and oxygen atoms in total. The highest BCUT2D eigenvalue weighted by Crippen LogP contribution is 2.33. The van der Waals surface area contributed by atoms with Gasteiger partial charge in [-0.1, -0.05) is 23.7 Å². The van der Waals surface area contributed by atoms with Crippen molar-refractivity contribution in [3.63, 3.8) is 0 Å². The van der Waals surface area contributed by atoms with E-state index in [9.17, 15) is 0 Å². The highest BCUT2D eigenvalue weighted by Gasteiger charge is 2.13. The van der Waals surface area contributed by atoms with Crippen LogP contribution in [0.5, 0.6) is 0 Å². The van der Waals surface area contributed by atoms with Crippen LogP contribution >= 0.6 is 11.6 Å². The SMILES string of the molecule is CN(C)c1ccc(-c2[nH]c3ccc(Cl)cc3c2CCCCN)cc1. The topological polar surface area (TPSA) is 45.0 Å². The first-order valence-corrected chi connectivity index (χ1v) is 8.76. The molecule has 1 heterocycles. The van der Waals surface area contributed by atoms with Crippen molar-refractivity contribution in [1.82, 2.24) is 4.98 Å². The van der Waals surface area contributed by atoms with Gasteiger partial charge < -0.3 is 15.6 Å². The van der Waals surface area contributed by atoms with E-state index in [1.165, 1.54) is 27.9 Å². The number of benzene rings is 2. The maximum atomic E-state index is 6.22. The van der Waals surface area contributed by atoms with Crippen LogP contribution in [-0.2, 0) is 6.42 Å². The van der Waals surface area contributed by atoms with Gasteiger partial charge in [-0.3, -0.25) is 0 Å². The molecule has 0 atom stereocenters. The largest absolute Gasteiger partial charge is 0.378 e. The number of fused-ring (bicyclic) bond motifs is 1. The molecular formula is C20H24ClN3. The van der Waals surface area contributed by atoms with E-state index in [1.54, 1.807) is 0 Å². The molecule has 4 heteroatoms. The van der Waals surface area contributed by atoms with E-state index in [1.807, 2.05) is 6.07 Å². The van der Waals surface area contributed by atoms with Crippen molar-refractivity contribution in [1.29, 1.82) is 0 Å². The number of hydrogen-bond donors (Lipinski definition) is 2. The second-order valence-electron chi connectivity index (χ2n) is 6.36. The van der Waals surface area contributed by atoms with Crippen molar-refractivity contribution in [3.05, 3.63) is 53.1 Å². The minimum atomic E-state index is 0.732. The maximum Gasteiger partial charge on any atom is 0.0497 e. The van der Waals surface area contributed by atoms with Gasteiger partial charge in [0.15, 0.2) is 0 Å². The number of H-pyrrole nitrogens is 1. The summed E-state index contributed by atoms with van der Waals surface area (Å²) in [6, 6.07) is 14.7. The van der Waals surface area contributed by atoms with Crippen molar-refractivity contribution in [2.45, 2.75) is 19.3 Å². The molecule has 0 amide bonds. The highest BCUT2D eigenvalue weighted by atomic mass is 35.5. The summed E-state index contributed by atoms with van der Waals surface area (Å²) >= 11 is 6.22. The number of hydrogen-bond acceptors (Lipinski definition) is 2. The zero-order valence-electron chi connectivity index (χ0n) is 14.3. The number of aryl methyl sites for hydroxylation is 1. The van der Waals surface area contributed by atoms with Crippen molar-refractivity contribution < 1.29 is 0 Å². The molecule has 3 N–H and O–H groups in total. The molecule has 0 aliphatic rings. The Kier molecular flexibility index (Phi) is 5.12. The summed E-state index contributed by atoms with van der Waals surface area (Å²) in [5, 5.41) is 1.99. The minimum absolute atomic E-state index is 0.732. The van der Waals surface area contributed by atoms with E-state index in [4.69, 9.17) is 17.3 Å². The number of aromatic nitrogens is 1. The monoisotopic (exact) mass is 341 g/mol. The van der Waals surface area contributed by atoms with E-state index < -0.39 is 0 Å². The molecule has 0 unspecified atom stereocenters. The average molecular weight is 342 g/mol. The minimum Gasteiger partial charge on any atom is -0.378 e. The van der Waals surface area contributed by atoms with Gasteiger partial charge in [0.2, 0.25) is 0 Å². The first-order chi connectivity index (χ1) is 11.6. The molecule has 0 fully saturated rings. The lowest BCUT2D eigenvalue weighted by atomic mass is 10.00. The first kappa shape index (κ1) is 16.9. The molecule has 0 saturated heterocycles. The van der Waals surface area contributed by atoms with Crippen LogP contribution in [0.1, 0.15) is 18.4 Å². The molecule has 126 valence electrons. The number of rotatable bonds is 6. The lowest BCUT2D eigenvalue weighted by Gasteiger charge is -2.13. The van der Waals surface area contributed by atoms with Crippen molar-refractivity contribution >= 4 is 28.2 Å². The molecule has 24 heavy (non-hydrogen) atoms. The molecule has 1 aromatic heterocycles. The van der Waals surface area contributed by atoms with Crippen LogP contribution in [0.3, 0.4) is 0 Å². The summed E-state index contributed by atoms with van der Waals surface area (Å²) in [4.78, 5) is 5.69. The number of unbranched alkanes of at least 4 members (excludes halogenated alkanes) is 1. The molecule has 3 aromatic rings. The zero-order chi connectivity index (χ0) is 17.1. The lowest BCUT2D eigenvalue weighted by Crippen LogP contribution is -2.07. The van der Waals surface area contributed by atoms with Crippen LogP contribution < -0.4 is 10.6 Å². The van der Waals surface area contributed by atoms with Gasteiger partial charge in [-0.15, -0.1) is 0 Å². The van der Waals surface area contributed by atoms with E-state index in [-0.39, 0.29) is 0 Å². The predicted octanol–water partition coefficient (Wildman–Crippen LogP) is 4.84. The van der Waals surface area contributed by atoms with Crippen LogP contribution in [0.15, 0.2) is 42.5 Å². The van der Waals surface area contributed by atoms with E-state index in [0.29, 0.717) is 0 Å². The maximum absolute atomic E-state index is 6.22. The summed E-state index contributed by atoms with van der Waals surface area (Å²) in [6.45, 7) is 0.732. The van der Waals surface area contributed by atoms with Crippen molar-refractivity contribution in [2.75, 3.05) is 25.5 Å². The molecule has 0 saturated carbocycles. The zero-order valence-corrected chi connectivity index (χ0v) is 15.0. The van der Waals surface area contributed by atoms with Gasteiger partial charge in [0, 0.05) is 41.4 Å². The molecule has 0 radical (unpaired) electrons. The standard InChI is InChI=1S/C20H24ClN3/c1-24(2)16-9-6-14(7-10-16)20-17(5-3-4-12-22)18-13-15(21)8-11-19(18)23-20/h6-11,13,23H,3-5,12,22H2,1-2H3.